The second-order valence-corrected chi connectivity index (χ2v) is 6.02. The van der Waals surface area contributed by atoms with Gasteiger partial charge in [0.25, 0.3) is 0 Å². The van der Waals surface area contributed by atoms with Gasteiger partial charge in [-0.05, 0) is 55.9 Å². The molecule has 1 aliphatic rings. The van der Waals surface area contributed by atoms with E-state index in [4.69, 9.17) is 10.5 Å². The molecule has 0 saturated heterocycles. The molecule has 2 aromatic rings. The lowest BCUT2D eigenvalue weighted by atomic mass is 9.99. The summed E-state index contributed by atoms with van der Waals surface area (Å²) < 4.78 is 5.84. The highest BCUT2D eigenvalue weighted by atomic mass is 16.5. The van der Waals surface area contributed by atoms with Crippen molar-refractivity contribution in [2.24, 2.45) is 5.73 Å². The molecule has 3 rings (SSSR count). The van der Waals surface area contributed by atoms with Gasteiger partial charge in [0.05, 0.1) is 6.10 Å². The summed E-state index contributed by atoms with van der Waals surface area (Å²) in [7, 11) is 0. The minimum atomic E-state index is 0.0632. The Morgan fingerprint density at radius 2 is 1.95 bits per heavy atom. The largest absolute Gasteiger partial charge is 0.490 e. The molecule has 0 radical (unpaired) electrons. The molecule has 1 unspecified atom stereocenters. The molecular formula is C19H23NO. The Kier molecular flexibility index (Phi) is 4.26. The molecule has 0 amide bonds. The third-order valence-electron chi connectivity index (χ3n) is 3.94. The van der Waals surface area contributed by atoms with Crippen molar-refractivity contribution in [3.8, 4) is 5.75 Å². The molecule has 21 heavy (non-hydrogen) atoms. The molecule has 0 spiro atoms. The summed E-state index contributed by atoms with van der Waals surface area (Å²) in [5, 5.41) is 0. The van der Waals surface area contributed by atoms with E-state index in [0.717, 1.165) is 18.6 Å². The monoisotopic (exact) mass is 281 g/mol. The number of hydrogen-bond donors (Lipinski definition) is 1. The molecule has 1 atom stereocenters. The lowest BCUT2D eigenvalue weighted by Gasteiger charge is -2.14. The zero-order chi connectivity index (χ0) is 14.7. The minimum absolute atomic E-state index is 0.0632. The lowest BCUT2D eigenvalue weighted by molar-refractivity contribution is 0.302. The molecule has 2 nitrogen and oxygen atoms in total. The quantitative estimate of drug-likeness (QED) is 0.862. The topological polar surface area (TPSA) is 35.2 Å². The second kappa shape index (κ2) is 6.31. The summed E-state index contributed by atoms with van der Waals surface area (Å²) in [6, 6.07) is 17.0. The highest BCUT2D eigenvalue weighted by Gasteiger charge is 2.23. The van der Waals surface area contributed by atoms with Crippen LogP contribution in [0.5, 0.6) is 5.75 Å². The summed E-state index contributed by atoms with van der Waals surface area (Å²) in [6.45, 7) is 2.13. The first-order chi connectivity index (χ1) is 10.2. The van der Waals surface area contributed by atoms with Gasteiger partial charge in [0.2, 0.25) is 0 Å². The normalized spacial score (nSPS) is 15.7. The van der Waals surface area contributed by atoms with E-state index >= 15 is 0 Å². The molecule has 1 saturated carbocycles. The molecule has 110 valence electrons. The molecule has 0 heterocycles. The van der Waals surface area contributed by atoms with Crippen LogP contribution in [0.3, 0.4) is 0 Å². The van der Waals surface area contributed by atoms with E-state index in [-0.39, 0.29) is 6.04 Å². The maximum Gasteiger partial charge on any atom is 0.120 e. The standard InChI is InChI=1S/C19H23NO/c1-14-4-2-5-15(12-14)8-11-19(20)16-6-3-7-18(13-16)21-17-9-10-17/h2-7,12-13,17,19H,8-11,20H2,1H3. The Morgan fingerprint density at radius 1 is 1.14 bits per heavy atom. The van der Waals surface area contributed by atoms with Crippen LogP contribution >= 0.6 is 0 Å². The molecular weight excluding hydrogens is 258 g/mol. The zero-order valence-electron chi connectivity index (χ0n) is 12.6. The number of ether oxygens (including phenoxy) is 1. The maximum atomic E-state index is 6.34. The third kappa shape index (κ3) is 4.08. The Balaban J connectivity index is 1.60. The molecule has 2 N–H and O–H groups in total. The van der Waals surface area contributed by atoms with Crippen molar-refractivity contribution in [3.63, 3.8) is 0 Å². The molecule has 2 heteroatoms. The summed E-state index contributed by atoms with van der Waals surface area (Å²) in [6.07, 6.45) is 4.77. The summed E-state index contributed by atoms with van der Waals surface area (Å²) in [5.41, 5.74) is 10.2. The van der Waals surface area contributed by atoms with Crippen LogP contribution in [0.1, 0.15) is 42.0 Å². The van der Waals surface area contributed by atoms with Gasteiger partial charge in [-0.1, -0.05) is 42.0 Å². The fourth-order valence-corrected chi connectivity index (χ4v) is 2.55. The van der Waals surface area contributed by atoms with E-state index in [0.29, 0.717) is 6.10 Å². The fraction of sp³-hybridized carbons (Fsp3) is 0.368. The first kappa shape index (κ1) is 14.2. The molecule has 0 bridgehead atoms. The zero-order valence-corrected chi connectivity index (χ0v) is 12.6. The van der Waals surface area contributed by atoms with E-state index in [9.17, 15) is 0 Å². The third-order valence-corrected chi connectivity index (χ3v) is 3.94. The van der Waals surface area contributed by atoms with Gasteiger partial charge in [-0.2, -0.15) is 0 Å². The summed E-state index contributed by atoms with van der Waals surface area (Å²) >= 11 is 0. The van der Waals surface area contributed by atoms with E-state index in [1.54, 1.807) is 0 Å². The Bertz CT molecular complexity index is 604. The number of hydrogen-bond acceptors (Lipinski definition) is 2. The van der Waals surface area contributed by atoms with Crippen LogP contribution in [-0.2, 0) is 6.42 Å². The Hall–Kier alpha value is -1.80. The van der Waals surface area contributed by atoms with Crippen molar-refractivity contribution >= 4 is 0 Å². The van der Waals surface area contributed by atoms with Crippen LogP contribution < -0.4 is 10.5 Å². The average molecular weight is 281 g/mol. The molecule has 0 aromatic heterocycles. The van der Waals surface area contributed by atoms with Crippen molar-refractivity contribution in [2.75, 3.05) is 0 Å². The fourth-order valence-electron chi connectivity index (χ4n) is 2.55. The summed E-state index contributed by atoms with van der Waals surface area (Å²) in [4.78, 5) is 0. The predicted molar refractivity (Wildman–Crippen MR) is 86.5 cm³/mol. The van der Waals surface area contributed by atoms with Crippen molar-refractivity contribution in [2.45, 2.75) is 44.8 Å². The molecule has 1 aliphatic carbocycles. The van der Waals surface area contributed by atoms with Crippen LogP contribution in [0.2, 0.25) is 0 Å². The van der Waals surface area contributed by atoms with E-state index in [1.165, 1.54) is 29.5 Å². The van der Waals surface area contributed by atoms with Crippen LogP contribution in [0.4, 0.5) is 0 Å². The molecule has 0 aliphatic heterocycles. The Morgan fingerprint density at radius 3 is 2.71 bits per heavy atom. The van der Waals surface area contributed by atoms with Gasteiger partial charge in [-0.3, -0.25) is 0 Å². The van der Waals surface area contributed by atoms with E-state index in [2.05, 4.69) is 43.3 Å². The number of aryl methyl sites for hydroxylation is 2. The minimum Gasteiger partial charge on any atom is -0.490 e. The van der Waals surface area contributed by atoms with Gasteiger partial charge in [-0.25, -0.2) is 0 Å². The number of rotatable bonds is 6. The maximum absolute atomic E-state index is 6.34. The first-order valence-electron chi connectivity index (χ1n) is 7.78. The first-order valence-corrected chi connectivity index (χ1v) is 7.78. The smallest absolute Gasteiger partial charge is 0.120 e. The van der Waals surface area contributed by atoms with Gasteiger partial charge in [-0.15, -0.1) is 0 Å². The van der Waals surface area contributed by atoms with Gasteiger partial charge in [0, 0.05) is 6.04 Å². The number of nitrogens with two attached hydrogens (primary N) is 1. The van der Waals surface area contributed by atoms with Crippen LogP contribution in [0, 0.1) is 6.92 Å². The van der Waals surface area contributed by atoms with E-state index in [1.807, 2.05) is 12.1 Å². The van der Waals surface area contributed by atoms with Crippen molar-refractivity contribution in [1.29, 1.82) is 0 Å². The van der Waals surface area contributed by atoms with Gasteiger partial charge >= 0.3 is 0 Å². The van der Waals surface area contributed by atoms with Gasteiger partial charge < -0.3 is 10.5 Å². The number of benzene rings is 2. The summed E-state index contributed by atoms with van der Waals surface area (Å²) in [5.74, 6) is 0.959. The Labute approximate surface area is 126 Å². The van der Waals surface area contributed by atoms with Crippen LogP contribution in [-0.4, -0.2) is 6.10 Å². The molecule has 1 fully saturated rings. The van der Waals surface area contributed by atoms with Gasteiger partial charge in [0.1, 0.15) is 5.75 Å². The molecule has 2 aromatic carbocycles. The average Bonchev–Trinajstić information content (AvgIpc) is 3.29. The lowest BCUT2D eigenvalue weighted by Crippen LogP contribution is -2.11. The van der Waals surface area contributed by atoms with Crippen molar-refractivity contribution in [3.05, 3.63) is 65.2 Å². The van der Waals surface area contributed by atoms with Crippen molar-refractivity contribution < 1.29 is 4.74 Å². The van der Waals surface area contributed by atoms with E-state index < -0.39 is 0 Å². The second-order valence-electron chi connectivity index (χ2n) is 6.02. The SMILES string of the molecule is Cc1cccc(CCC(N)c2cccc(OC3CC3)c2)c1. The van der Waals surface area contributed by atoms with Crippen LogP contribution in [0.25, 0.3) is 0 Å². The highest BCUT2D eigenvalue weighted by Crippen LogP contribution is 2.28. The van der Waals surface area contributed by atoms with Crippen LogP contribution in [0.15, 0.2) is 48.5 Å². The predicted octanol–water partition coefficient (Wildman–Crippen LogP) is 4.17. The van der Waals surface area contributed by atoms with Crippen molar-refractivity contribution in [1.82, 2.24) is 0 Å². The van der Waals surface area contributed by atoms with Gasteiger partial charge in [0.15, 0.2) is 0 Å². The highest BCUT2D eigenvalue weighted by molar-refractivity contribution is 5.31.